The predicted octanol–water partition coefficient (Wildman–Crippen LogP) is 2.74. The van der Waals surface area contributed by atoms with Crippen LogP contribution in [0, 0.1) is 0 Å². The lowest BCUT2D eigenvalue weighted by molar-refractivity contribution is 1.02. The van der Waals surface area contributed by atoms with Crippen LogP contribution in [0.25, 0.3) is 0 Å². The Kier molecular flexibility index (Phi) is 5.30. The molecule has 0 atom stereocenters. The number of hydrogen-bond donors (Lipinski definition) is 2. The van der Waals surface area contributed by atoms with Gasteiger partial charge in [-0.3, -0.25) is 4.98 Å². The molecule has 2 aromatic rings. The number of nitrogens with zero attached hydrogens (tertiary/aromatic N) is 1. The van der Waals surface area contributed by atoms with Gasteiger partial charge in [-0.2, -0.15) is 0 Å². The Bertz CT molecular complexity index is 445. The van der Waals surface area contributed by atoms with Crippen molar-refractivity contribution < 1.29 is 0 Å². The molecule has 0 aliphatic rings. The van der Waals surface area contributed by atoms with E-state index in [0.717, 1.165) is 18.7 Å². The first-order valence-electron chi connectivity index (χ1n) is 5.33. The van der Waals surface area contributed by atoms with Crippen molar-refractivity contribution >= 4 is 23.8 Å². The van der Waals surface area contributed by atoms with Crippen molar-refractivity contribution in [3.8, 4) is 0 Å². The highest BCUT2D eigenvalue weighted by molar-refractivity contribution is 5.85. The van der Waals surface area contributed by atoms with E-state index in [1.165, 1.54) is 5.56 Å². The molecule has 3 nitrogen and oxygen atoms in total. The van der Waals surface area contributed by atoms with Crippen LogP contribution in [0.2, 0.25) is 0 Å². The van der Waals surface area contributed by atoms with Crippen LogP contribution in [0.15, 0.2) is 48.8 Å². The third-order valence-corrected chi connectivity index (χ3v) is 2.42. The highest BCUT2D eigenvalue weighted by atomic mass is 35.5. The first kappa shape index (κ1) is 13.3. The second-order valence-electron chi connectivity index (χ2n) is 3.63. The van der Waals surface area contributed by atoms with Crippen molar-refractivity contribution in [3.05, 3.63) is 54.4 Å². The van der Waals surface area contributed by atoms with Crippen LogP contribution in [0.5, 0.6) is 0 Å². The minimum atomic E-state index is 0. The van der Waals surface area contributed by atoms with Crippen molar-refractivity contribution in [1.29, 1.82) is 0 Å². The van der Waals surface area contributed by atoms with Crippen molar-refractivity contribution in [1.82, 2.24) is 4.98 Å². The molecule has 3 N–H and O–H groups in total. The summed E-state index contributed by atoms with van der Waals surface area (Å²) in [6.07, 6.45) is 4.38. The molecule has 1 aromatic heterocycles. The van der Waals surface area contributed by atoms with Gasteiger partial charge >= 0.3 is 0 Å². The van der Waals surface area contributed by atoms with Gasteiger partial charge in [0, 0.05) is 12.7 Å². The summed E-state index contributed by atoms with van der Waals surface area (Å²) in [6.45, 7) is 0.873. The van der Waals surface area contributed by atoms with Crippen LogP contribution in [-0.2, 0) is 6.42 Å². The average molecular weight is 250 g/mol. The van der Waals surface area contributed by atoms with E-state index < -0.39 is 0 Å². The van der Waals surface area contributed by atoms with Gasteiger partial charge in [0.25, 0.3) is 0 Å². The summed E-state index contributed by atoms with van der Waals surface area (Å²) in [5.74, 6) is 0. The molecule has 4 heteroatoms. The maximum atomic E-state index is 5.78. The maximum absolute atomic E-state index is 5.78. The summed E-state index contributed by atoms with van der Waals surface area (Å²) >= 11 is 0. The summed E-state index contributed by atoms with van der Waals surface area (Å²) in [4.78, 5) is 3.95. The molecule has 2 rings (SSSR count). The number of pyridine rings is 1. The van der Waals surface area contributed by atoms with E-state index in [1.807, 2.05) is 12.1 Å². The minimum absolute atomic E-state index is 0. The highest BCUT2D eigenvalue weighted by Crippen LogP contribution is 2.14. The summed E-state index contributed by atoms with van der Waals surface area (Å²) in [6, 6.07) is 12.3. The molecule has 0 radical (unpaired) electrons. The summed E-state index contributed by atoms with van der Waals surface area (Å²) < 4.78 is 0. The molecule has 1 aromatic carbocycles. The molecule has 0 aliphatic carbocycles. The van der Waals surface area contributed by atoms with E-state index in [9.17, 15) is 0 Å². The quantitative estimate of drug-likeness (QED) is 0.876. The second-order valence-corrected chi connectivity index (χ2v) is 3.63. The van der Waals surface area contributed by atoms with E-state index in [2.05, 4.69) is 34.6 Å². The monoisotopic (exact) mass is 249 g/mol. The molecule has 0 amide bonds. The highest BCUT2D eigenvalue weighted by Gasteiger charge is 1.96. The van der Waals surface area contributed by atoms with E-state index in [4.69, 9.17) is 5.73 Å². The SMILES string of the molecule is Cl.Nc1cnccc1NCCc1ccccc1. The van der Waals surface area contributed by atoms with Crippen LogP contribution in [0.3, 0.4) is 0 Å². The van der Waals surface area contributed by atoms with Gasteiger partial charge in [-0.25, -0.2) is 0 Å². The van der Waals surface area contributed by atoms with Gasteiger partial charge in [0.15, 0.2) is 0 Å². The Balaban J connectivity index is 0.00000144. The van der Waals surface area contributed by atoms with Crippen LogP contribution in [0.1, 0.15) is 5.56 Å². The fourth-order valence-electron chi connectivity index (χ4n) is 1.55. The molecule has 0 aliphatic heterocycles. The second kappa shape index (κ2) is 6.76. The molecule has 17 heavy (non-hydrogen) atoms. The summed E-state index contributed by atoms with van der Waals surface area (Å²) in [7, 11) is 0. The number of hydrogen-bond acceptors (Lipinski definition) is 3. The molecule has 0 unspecified atom stereocenters. The first-order chi connectivity index (χ1) is 7.86. The van der Waals surface area contributed by atoms with Gasteiger partial charge in [-0.05, 0) is 18.1 Å². The third kappa shape index (κ3) is 3.96. The van der Waals surface area contributed by atoms with E-state index in [1.54, 1.807) is 12.4 Å². The number of aromatic nitrogens is 1. The smallest absolute Gasteiger partial charge is 0.0736 e. The molecule has 1 heterocycles. The number of halogens is 1. The zero-order valence-corrected chi connectivity index (χ0v) is 10.3. The fourth-order valence-corrected chi connectivity index (χ4v) is 1.55. The van der Waals surface area contributed by atoms with Gasteiger partial charge in [0.2, 0.25) is 0 Å². The number of rotatable bonds is 4. The predicted molar refractivity (Wildman–Crippen MR) is 74.5 cm³/mol. The Morgan fingerprint density at radius 2 is 1.88 bits per heavy atom. The lowest BCUT2D eigenvalue weighted by atomic mass is 10.1. The normalized spacial score (nSPS) is 9.41. The first-order valence-corrected chi connectivity index (χ1v) is 5.33. The van der Waals surface area contributed by atoms with Gasteiger partial charge in [-0.1, -0.05) is 30.3 Å². The van der Waals surface area contributed by atoms with E-state index in [-0.39, 0.29) is 12.4 Å². The van der Waals surface area contributed by atoms with Crippen LogP contribution in [0.4, 0.5) is 11.4 Å². The number of nitrogens with one attached hydrogen (secondary N) is 1. The molecule has 0 saturated carbocycles. The topological polar surface area (TPSA) is 50.9 Å². The van der Waals surface area contributed by atoms with Gasteiger partial charge < -0.3 is 11.1 Å². The van der Waals surface area contributed by atoms with Crippen molar-refractivity contribution in [2.45, 2.75) is 6.42 Å². The molecule has 0 spiro atoms. The number of nitrogens with two attached hydrogens (primary N) is 1. The largest absolute Gasteiger partial charge is 0.396 e. The Morgan fingerprint density at radius 3 is 2.59 bits per heavy atom. The Labute approximate surface area is 107 Å². The number of benzene rings is 1. The van der Waals surface area contributed by atoms with Gasteiger partial charge in [0.1, 0.15) is 0 Å². The lowest BCUT2D eigenvalue weighted by Crippen LogP contribution is -2.06. The maximum Gasteiger partial charge on any atom is 0.0736 e. The summed E-state index contributed by atoms with van der Waals surface area (Å²) in [5, 5.41) is 3.30. The van der Waals surface area contributed by atoms with Crippen LogP contribution < -0.4 is 11.1 Å². The molecule has 0 saturated heterocycles. The molecular weight excluding hydrogens is 234 g/mol. The van der Waals surface area contributed by atoms with Gasteiger partial charge in [-0.15, -0.1) is 12.4 Å². The number of nitrogen functional groups attached to an aromatic ring is 1. The fraction of sp³-hybridized carbons (Fsp3) is 0.154. The molecule has 0 bridgehead atoms. The summed E-state index contributed by atoms with van der Waals surface area (Å²) in [5.41, 5.74) is 8.74. The van der Waals surface area contributed by atoms with Gasteiger partial charge in [0.05, 0.1) is 17.6 Å². The third-order valence-electron chi connectivity index (χ3n) is 2.42. The standard InChI is InChI=1S/C13H15N3.ClH/c14-12-10-15-8-7-13(12)16-9-6-11-4-2-1-3-5-11;/h1-5,7-8,10H,6,9,14H2,(H,15,16);1H. The minimum Gasteiger partial charge on any atom is -0.396 e. The van der Waals surface area contributed by atoms with Crippen molar-refractivity contribution in [3.63, 3.8) is 0 Å². The van der Waals surface area contributed by atoms with E-state index in [0.29, 0.717) is 5.69 Å². The zero-order chi connectivity index (χ0) is 11.2. The van der Waals surface area contributed by atoms with Crippen molar-refractivity contribution in [2.75, 3.05) is 17.6 Å². The molecule has 0 fully saturated rings. The Morgan fingerprint density at radius 1 is 1.12 bits per heavy atom. The van der Waals surface area contributed by atoms with Crippen molar-refractivity contribution in [2.24, 2.45) is 0 Å². The zero-order valence-electron chi connectivity index (χ0n) is 9.47. The molecular formula is C13H16ClN3. The average Bonchev–Trinajstić information content (AvgIpc) is 2.33. The van der Waals surface area contributed by atoms with Crippen LogP contribution >= 0.6 is 12.4 Å². The van der Waals surface area contributed by atoms with E-state index >= 15 is 0 Å². The number of anilines is 2. The molecule has 90 valence electrons. The van der Waals surface area contributed by atoms with Crippen LogP contribution in [-0.4, -0.2) is 11.5 Å². The lowest BCUT2D eigenvalue weighted by Gasteiger charge is -2.08. The Hall–Kier alpha value is -1.74.